The third-order valence-corrected chi connectivity index (χ3v) is 3.57. The summed E-state index contributed by atoms with van der Waals surface area (Å²) < 4.78 is 5.71. The summed E-state index contributed by atoms with van der Waals surface area (Å²) in [6.07, 6.45) is 2.59. The molecule has 1 rings (SSSR count). The topological polar surface area (TPSA) is 71.1 Å². The van der Waals surface area contributed by atoms with Gasteiger partial charge < -0.3 is 15.7 Å². The van der Waals surface area contributed by atoms with Crippen molar-refractivity contribution in [1.29, 1.82) is 0 Å². The van der Waals surface area contributed by atoms with Gasteiger partial charge >= 0.3 is 0 Å². The molecule has 0 spiro atoms. The zero-order valence-corrected chi connectivity index (χ0v) is 12.0. The minimum Gasteiger partial charge on any atom is -0.409 e. The van der Waals surface area contributed by atoms with Gasteiger partial charge in [0.2, 0.25) is 0 Å². The number of ether oxygens (including phenoxy) is 1. The van der Waals surface area contributed by atoms with Gasteiger partial charge in [0.1, 0.15) is 5.84 Å². The lowest BCUT2D eigenvalue weighted by atomic mass is 9.86. The van der Waals surface area contributed by atoms with Crippen LogP contribution in [0.2, 0.25) is 0 Å². The van der Waals surface area contributed by atoms with Crippen LogP contribution in [-0.2, 0) is 4.74 Å². The molecule has 5 nitrogen and oxygen atoms in total. The average molecular weight is 257 g/mol. The molecule has 1 aliphatic rings. The van der Waals surface area contributed by atoms with Gasteiger partial charge in [-0.2, -0.15) is 0 Å². The first kappa shape index (κ1) is 15.2. The highest BCUT2D eigenvalue weighted by molar-refractivity contribution is 5.85. The lowest BCUT2D eigenvalue weighted by Crippen LogP contribution is -2.46. The first-order valence-corrected chi connectivity index (χ1v) is 6.71. The van der Waals surface area contributed by atoms with Gasteiger partial charge in [0, 0.05) is 18.5 Å². The highest BCUT2D eigenvalue weighted by Gasteiger charge is 2.25. The van der Waals surface area contributed by atoms with Crippen LogP contribution in [0.1, 0.15) is 40.5 Å². The predicted molar refractivity (Wildman–Crippen MR) is 72.9 cm³/mol. The smallest absolute Gasteiger partial charge is 0.144 e. The van der Waals surface area contributed by atoms with E-state index in [-0.39, 0.29) is 5.41 Å². The van der Waals surface area contributed by atoms with Crippen LogP contribution in [0.15, 0.2) is 5.16 Å². The fourth-order valence-electron chi connectivity index (χ4n) is 2.47. The lowest BCUT2D eigenvalue weighted by Gasteiger charge is -2.35. The number of rotatable bonds is 5. The Bertz CT molecular complexity index is 282. The van der Waals surface area contributed by atoms with Crippen LogP contribution in [0.3, 0.4) is 0 Å². The van der Waals surface area contributed by atoms with E-state index in [2.05, 4.69) is 23.9 Å². The Labute approximate surface area is 110 Å². The van der Waals surface area contributed by atoms with Crippen molar-refractivity contribution in [3.63, 3.8) is 0 Å². The number of oxime groups is 1. The van der Waals surface area contributed by atoms with Gasteiger partial charge in [-0.3, -0.25) is 4.90 Å². The molecule has 106 valence electrons. The van der Waals surface area contributed by atoms with E-state index in [1.165, 1.54) is 0 Å². The standard InChI is InChI=1S/C13H27N3O2/c1-10-8-16(9-11(2)18-10)7-5-6-13(3,4)12(14)15-17/h10-11,17H,5-9H2,1-4H3,(H2,14,15). The van der Waals surface area contributed by atoms with Crippen LogP contribution in [0.25, 0.3) is 0 Å². The number of hydrogen-bond acceptors (Lipinski definition) is 4. The van der Waals surface area contributed by atoms with E-state index in [9.17, 15) is 0 Å². The number of nitrogens with two attached hydrogens (primary N) is 1. The van der Waals surface area contributed by atoms with Crippen molar-refractivity contribution in [3.8, 4) is 0 Å². The largest absolute Gasteiger partial charge is 0.409 e. The van der Waals surface area contributed by atoms with Gasteiger partial charge in [-0.05, 0) is 33.2 Å². The molecule has 0 aromatic rings. The molecular formula is C13H27N3O2. The Morgan fingerprint density at radius 1 is 1.39 bits per heavy atom. The molecule has 2 unspecified atom stereocenters. The van der Waals surface area contributed by atoms with Gasteiger partial charge in [0.05, 0.1) is 12.2 Å². The Balaban J connectivity index is 2.33. The number of hydrogen-bond donors (Lipinski definition) is 2. The molecule has 18 heavy (non-hydrogen) atoms. The van der Waals surface area contributed by atoms with Crippen LogP contribution in [-0.4, -0.2) is 47.8 Å². The fourth-order valence-corrected chi connectivity index (χ4v) is 2.47. The number of amidine groups is 1. The number of morpholine rings is 1. The molecule has 0 bridgehead atoms. The summed E-state index contributed by atoms with van der Waals surface area (Å²) in [5.74, 6) is 0.311. The first-order chi connectivity index (χ1) is 8.35. The van der Waals surface area contributed by atoms with E-state index >= 15 is 0 Å². The van der Waals surface area contributed by atoms with Crippen molar-refractivity contribution in [3.05, 3.63) is 0 Å². The Kier molecular flexibility index (Phi) is 5.41. The molecule has 0 amide bonds. The SMILES string of the molecule is CC1CN(CCCC(C)(C)C(N)=NO)CC(C)O1. The maximum Gasteiger partial charge on any atom is 0.144 e. The van der Waals surface area contributed by atoms with Crippen molar-refractivity contribution >= 4 is 5.84 Å². The van der Waals surface area contributed by atoms with Crippen molar-refractivity contribution in [1.82, 2.24) is 4.90 Å². The molecule has 0 saturated carbocycles. The van der Waals surface area contributed by atoms with Gasteiger partial charge in [-0.25, -0.2) is 0 Å². The van der Waals surface area contributed by atoms with Crippen LogP contribution >= 0.6 is 0 Å². The summed E-state index contributed by atoms with van der Waals surface area (Å²) in [4.78, 5) is 2.43. The summed E-state index contributed by atoms with van der Waals surface area (Å²) in [6.45, 7) is 11.3. The summed E-state index contributed by atoms with van der Waals surface area (Å²) >= 11 is 0. The molecule has 0 radical (unpaired) electrons. The highest BCUT2D eigenvalue weighted by atomic mass is 16.5. The maximum absolute atomic E-state index is 8.72. The normalized spacial score (nSPS) is 27.4. The molecule has 1 fully saturated rings. The summed E-state index contributed by atoms with van der Waals surface area (Å²) in [5, 5.41) is 11.8. The molecule has 1 saturated heterocycles. The first-order valence-electron chi connectivity index (χ1n) is 6.71. The van der Waals surface area contributed by atoms with E-state index in [0.717, 1.165) is 32.5 Å². The second kappa shape index (κ2) is 6.38. The van der Waals surface area contributed by atoms with Crippen LogP contribution in [0.5, 0.6) is 0 Å². The van der Waals surface area contributed by atoms with Gasteiger partial charge in [0.15, 0.2) is 0 Å². The van der Waals surface area contributed by atoms with E-state index in [1.54, 1.807) is 0 Å². The van der Waals surface area contributed by atoms with E-state index in [4.69, 9.17) is 15.7 Å². The minimum atomic E-state index is -0.238. The molecule has 0 aliphatic carbocycles. The highest BCUT2D eigenvalue weighted by Crippen LogP contribution is 2.23. The van der Waals surface area contributed by atoms with E-state index in [0.29, 0.717) is 18.0 Å². The summed E-state index contributed by atoms with van der Waals surface area (Å²) in [5.41, 5.74) is 5.44. The zero-order valence-electron chi connectivity index (χ0n) is 12.0. The zero-order chi connectivity index (χ0) is 13.8. The van der Waals surface area contributed by atoms with Crippen molar-refractivity contribution in [2.75, 3.05) is 19.6 Å². The van der Waals surface area contributed by atoms with Gasteiger partial charge in [0.25, 0.3) is 0 Å². The molecule has 1 heterocycles. The van der Waals surface area contributed by atoms with E-state index in [1.807, 2.05) is 13.8 Å². The van der Waals surface area contributed by atoms with E-state index < -0.39 is 0 Å². The van der Waals surface area contributed by atoms with Gasteiger partial charge in [-0.15, -0.1) is 0 Å². The summed E-state index contributed by atoms with van der Waals surface area (Å²) in [7, 11) is 0. The predicted octanol–water partition coefficient (Wildman–Crippen LogP) is 1.65. The van der Waals surface area contributed by atoms with Gasteiger partial charge in [-0.1, -0.05) is 19.0 Å². The van der Waals surface area contributed by atoms with Crippen molar-refractivity contribution in [2.24, 2.45) is 16.3 Å². The monoisotopic (exact) mass is 257 g/mol. The molecule has 1 aliphatic heterocycles. The minimum absolute atomic E-state index is 0.238. The average Bonchev–Trinajstić information content (AvgIpc) is 2.26. The Hall–Kier alpha value is -0.810. The lowest BCUT2D eigenvalue weighted by molar-refractivity contribution is -0.0684. The second-order valence-electron chi connectivity index (χ2n) is 5.99. The third-order valence-electron chi connectivity index (χ3n) is 3.57. The Morgan fingerprint density at radius 2 is 1.94 bits per heavy atom. The number of nitrogens with zero attached hydrogens (tertiary/aromatic N) is 2. The molecule has 0 aromatic carbocycles. The van der Waals surface area contributed by atoms with Crippen molar-refractivity contribution in [2.45, 2.75) is 52.7 Å². The molecule has 5 heteroatoms. The molecular weight excluding hydrogens is 230 g/mol. The Morgan fingerprint density at radius 3 is 2.44 bits per heavy atom. The molecule has 3 N–H and O–H groups in total. The van der Waals surface area contributed by atoms with Crippen LogP contribution in [0.4, 0.5) is 0 Å². The third kappa shape index (κ3) is 4.46. The quantitative estimate of drug-likeness (QED) is 0.340. The molecule has 2 atom stereocenters. The maximum atomic E-state index is 8.72. The van der Waals surface area contributed by atoms with Crippen LogP contribution < -0.4 is 5.73 Å². The summed E-state index contributed by atoms with van der Waals surface area (Å²) in [6, 6.07) is 0. The molecule has 0 aromatic heterocycles. The fraction of sp³-hybridized carbons (Fsp3) is 0.923. The van der Waals surface area contributed by atoms with Crippen molar-refractivity contribution < 1.29 is 9.94 Å². The van der Waals surface area contributed by atoms with Crippen LogP contribution in [0, 0.1) is 5.41 Å². The second-order valence-corrected chi connectivity index (χ2v) is 5.99.